The SMILES string of the molecule is COc1c(C)cc2c(c1O)C(CO)N(C(C)=O)C(CO)C2. The first kappa shape index (κ1) is 15.6. The first-order chi connectivity index (χ1) is 9.96. The molecule has 1 aromatic carbocycles. The normalized spacial score (nSPS) is 21.1. The second-order valence-electron chi connectivity index (χ2n) is 5.31. The summed E-state index contributed by atoms with van der Waals surface area (Å²) in [6.07, 6.45) is 0.431. The van der Waals surface area contributed by atoms with Gasteiger partial charge in [0, 0.05) is 12.5 Å². The lowest BCUT2D eigenvalue weighted by Crippen LogP contribution is -2.49. The molecule has 1 amide bonds. The minimum absolute atomic E-state index is 0.0470. The van der Waals surface area contributed by atoms with Crippen LogP contribution in [-0.2, 0) is 11.2 Å². The summed E-state index contributed by atoms with van der Waals surface area (Å²) in [5, 5.41) is 29.7. The van der Waals surface area contributed by atoms with Crippen molar-refractivity contribution >= 4 is 5.91 Å². The van der Waals surface area contributed by atoms with E-state index in [2.05, 4.69) is 0 Å². The maximum absolute atomic E-state index is 11.9. The van der Waals surface area contributed by atoms with Crippen LogP contribution in [0.15, 0.2) is 6.07 Å². The summed E-state index contributed by atoms with van der Waals surface area (Å²) in [6, 6.07) is 0.786. The molecule has 0 spiro atoms. The molecule has 1 heterocycles. The lowest BCUT2D eigenvalue weighted by molar-refractivity contribution is -0.137. The highest BCUT2D eigenvalue weighted by Gasteiger charge is 2.38. The third-order valence-corrected chi connectivity index (χ3v) is 4.03. The summed E-state index contributed by atoms with van der Waals surface area (Å²) in [6.45, 7) is 2.68. The molecule has 0 aliphatic carbocycles. The summed E-state index contributed by atoms with van der Waals surface area (Å²) in [4.78, 5) is 13.3. The number of nitrogens with zero attached hydrogens (tertiary/aromatic N) is 1. The number of rotatable bonds is 3. The second kappa shape index (κ2) is 5.91. The quantitative estimate of drug-likeness (QED) is 0.756. The van der Waals surface area contributed by atoms with Gasteiger partial charge in [0.1, 0.15) is 0 Å². The summed E-state index contributed by atoms with van der Waals surface area (Å²) >= 11 is 0. The number of aliphatic hydroxyl groups excluding tert-OH is 2. The number of aliphatic hydroxyl groups is 2. The van der Waals surface area contributed by atoms with Crippen molar-refractivity contribution in [3.8, 4) is 11.5 Å². The van der Waals surface area contributed by atoms with Crippen molar-refractivity contribution in [2.75, 3.05) is 20.3 Å². The molecule has 0 aromatic heterocycles. The Morgan fingerprint density at radius 1 is 1.43 bits per heavy atom. The number of phenols is 1. The smallest absolute Gasteiger partial charge is 0.220 e. The summed E-state index contributed by atoms with van der Waals surface area (Å²) < 4.78 is 5.20. The standard InChI is InChI=1S/C15H21NO5/c1-8-4-10-5-11(6-17)16(9(2)19)12(7-18)13(10)14(20)15(8)21-3/h4,11-12,17-18,20H,5-7H2,1-3H3. The number of benzene rings is 1. The van der Waals surface area contributed by atoms with Crippen molar-refractivity contribution in [3.63, 3.8) is 0 Å². The molecule has 0 radical (unpaired) electrons. The Hall–Kier alpha value is -1.79. The lowest BCUT2D eigenvalue weighted by Gasteiger charge is -2.42. The number of amides is 1. The van der Waals surface area contributed by atoms with Gasteiger partial charge in [0.25, 0.3) is 0 Å². The third kappa shape index (κ3) is 2.45. The summed E-state index contributed by atoms with van der Waals surface area (Å²) in [5.41, 5.74) is 2.10. The number of hydrogen-bond acceptors (Lipinski definition) is 5. The molecule has 2 atom stereocenters. The number of methoxy groups -OCH3 is 1. The Kier molecular flexibility index (Phi) is 4.39. The van der Waals surface area contributed by atoms with E-state index in [0.717, 1.165) is 11.1 Å². The van der Waals surface area contributed by atoms with Crippen LogP contribution >= 0.6 is 0 Å². The molecule has 1 aliphatic rings. The van der Waals surface area contributed by atoms with Gasteiger partial charge in [-0.1, -0.05) is 6.07 Å². The van der Waals surface area contributed by atoms with Crippen LogP contribution in [0.5, 0.6) is 11.5 Å². The van der Waals surface area contributed by atoms with Crippen molar-refractivity contribution in [2.45, 2.75) is 32.4 Å². The molecule has 1 aromatic rings. The number of aryl methyl sites for hydroxylation is 1. The molecule has 1 aliphatic heterocycles. The Labute approximate surface area is 123 Å². The lowest BCUT2D eigenvalue weighted by atomic mass is 9.86. The first-order valence-corrected chi connectivity index (χ1v) is 6.86. The monoisotopic (exact) mass is 295 g/mol. The predicted octanol–water partition coefficient (Wildman–Crippen LogP) is 0.508. The van der Waals surface area contributed by atoms with Gasteiger partial charge in [0.15, 0.2) is 11.5 Å². The Balaban J connectivity index is 2.65. The average molecular weight is 295 g/mol. The zero-order valence-corrected chi connectivity index (χ0v) is 12.5. The van der Waals surface area contributed by atoms with Gasteiger partial charge in [-0.3, -0.25) is 4.79 Å². The Morgan fingerprint density at radius 3 is 2.57 bits per heavy atom. The van der Waals surface area contributed by atoms with Gasteiger partial charge in [0.2, 0.25) is 5.91 Å². The molecule has 3 N–H and O–H groups in total. The van der Waals surface area contributed by atoms with Crippen molar-refractivity contribution in [1.82, 2.24) is 4.90 Å². The van der Waals surface area contributed by atoms with Gasteiger partial charge in [-0.05, 0) is 24.5 Å². The Bertz CT molecular complexity index is 557. The molecule has 6 heteroatoms. The molecular formula is C15H21NO5. The van der Waals surface area contributed by atoms with Gasteiger partial charge < -0.3 is 25.0 Å². The highest BCUT2D eigenvalue weighted by atomic mass is 16.5. The maximum atomic E-state index is 11.9. The predicted molar refractivity (Wildman–Crippen MR) is 76.3 cm³/mol. The van der Waals surface area contributed by atoms with Crippen LogP contribution in [0.25, 0.3) is 0 Å². The van der Waals surface area contributed by atoms with Crippen LogP contribution in [0.1, 0.15) is 29.7 Å². The van der Waals surface area contributed by atoms with E-state index >= 15 is 0 Å². The van der Waals surface area contributed by atoms with Crippen molar-refractivity contribution in [1.29, 1.82) is 0 Å². The van der Waals surface area contributed by atoms with E-state index in [1.165, 1.54) is 18.9 Å². The zero-order valence-electron chi connectivity index (χ0n) is 12.5. The van der Waals surface area contributed by atoms with Crippen LogP contribution in [0, 0.1) is 6.92 Å². The molecular weight excluding hydrogens is 274 g/mol. The molecule has 21 heavy (non-hydrogen) atoms. The van der Waals surface area contributed by atoms with Crippen LogP contribution in [0.3, 0.4) is 0 Å². The highest BCUT2D eigenvalue weighted by molar-refractivity contribution is 5.75. The molecule has 116 valence electrons. The topological polar surface area (TPSA) is 90.2 Å². The molecule has 2 unspecified atom stereocenters. The molecule has 0 fully saturated rings. The van der Waals surface area contributed by atoms with E-state index in [9.17, 15) is 20.1 Å². The fourth-order valence-corrected chi connectivity index (χ4v) is 3.22. The fraction of sp³-hybridized carbons (Fsp3) is 0.533. The zero-order chi connectivity index (χ0) is 15.7. The molecule has 2 rings (SSSR count). The Morgan fingerprint density at radius 2 is 2.10 bits per heavy atom. The summed E-state index contributed by atoms with van der Waals surface area (Å²) in [5.74, 6) is 0.0463. The van der Waals surface area contributed by atoms with E-state index in [0.29, 0.717) is 17.7 Å². The average Bonchev–Trinajstić information content (AvgIpc) is 2.45. The van der Waals surface area contributed by atoms with Crippen LogP contribution in [-0.4, -0.2) is 52.5 Å². The van der Waals surface area contributed by atoms with Gasteiger partial charge in [-0.15, -0.1) is 0 Å². The number of carbonyl (C=O) groups excluding carboxylic acids is 1. The molecule has 6 nitrogen and oxygen atoms in total. The molecule has 0 saturated carbocycles. The van der Waals surface area contributed by atoms with Crippen LogP contribution < -0.4 is 4.74 Å². The number of aromatic hydroxyl groups is 1. The minimum Gasteiger partial charge on any atom is -0.504 e. The largest absolute Gasteiger partial charge is 0.504 e. The van der Waals surface area contributed by atoms with Crippen LogP contribution in [0.4, 0.5) is 0 Å². The van der Waals surface area contributed by atoms with Gasteiger partial charge in [0.05, 0.1) is 32.4 Å². The van der Waals surface area contributed by atoms with Gasteiger partial charge in [-0.25, -0.2) is 0 Å². The molecule has 0 saturated heterocycles. The van der Waals surface area contributed by atoms with Gasteiger partial charge in [-0.2, -0.15) is 0 Å². The highest BCUT2D eigenvalue weighted by Crippen LogP contribution is 2.44. The van der Waals surface area contributed by atoms with Crippen molar-refractivity contribution in [2.24, 2.45) is 0 Å². The fourth-order valence-electron chi connectivity index (χ4n) is 3.22. The van der Waals surface area contributed by atoms with E-state index in [1.807, 2.05) is 13.0 Å². The van der Waals surface area contributed by atoms with Crippen molar-refractivity contribution in [3.05, 3.63) is 22.8 Å². The van der Waals surface area contributed by atoms with E-state index < -0.39 is 12.1 Å². The molecule has 0 bridgehead atoms. The number of phenolic OH excluding ortho intramolecular Hbond substituents is 1. The van der Waals surface area contributed by atoms with Crippen molar-refractivity contribution < 1.29 is 24.9 Å². The maximum Gasteiger partial charge on any atom is 0.220 e. The number of carbonyl (C=O) groups is 1. The number of hydrogen-bond donors (Lipinski definition) is 3. The summed E-state index contributed by atoms with van der Waals surface area (Å²) in [7, 11) is 1.46. The number of ether oxygens (including phenoxy) is 1. The second-order valence-corrected chi connectivity index (χ2v) is 5.31. The van der Waals surface area contributed by atoms with E-state index in [4.69, 9.17) is 4.74 Å². The van der Waals surface area contributed by atoms with E-state index in [1.54, 1.807) is 0 Å². The third-order valence-electron chi connectivity index (χ3n) is 4.03. The van der Waals surface area contributed by atoms with Crippen LogP contribution in [0.2, 0.25) is 0 Å². The van der Waals surface area contributed by atoms with E-state index in [-0.39, 0.29) is 24.9 Å². The first-order valence-electron chi connectivity index (χ1n) is 6.86. The minimum atomic E-state index is -0.683. The number of fused-ring (bicyclic) bond motifs is 1. The van der Waals surface area contributed by atoms with Gasteiger partial charge >= 0.3 is 0 Å².